The van der Waals surface area contributed by atoms with Gasteiger partial charge in [-0.15, -0.1) is 0 Å². The largest absolute Gasteiger partial charge is 0.370 e. The summed E-state index contributed by atoms with van der Waals surface area (Å²) in [7, 11) is 0. The topological polar surface area (TPSA) is 37.0 Å². The van der Waals surface area contributed by atoms with Gasteiger partial charge in [0.25, 0.3) is 0 Å². The highest BCUT2D eigenvalue weighted by molar-refractivity contribution is 6.33. The number of aromatic nitrogens is 1. The van der Waals surface area contributed by atoms with Gasteiger partial charge < -0.3 is 10.6 Å². The summed E-state index contributed by atoms with van der Waals surface area (Å²) in [6.45, 7) is 2.80. The number of benzene rings is 1. The van der Waals surface area contributed by atoms with Crippen LogP contribution in [0.25, 0.3) is 0 Å². The van der Waals surface area contributed by atoms with Gasteiger partial charge in [0.2, 0.25) is 0 Å². The van der Waals surface area contributed by atoms with Gasteiger partial charge in [-0.3, -0.25) is 0 Å². The zero-order valence-corrected chi connectivity index (χ0v) is 10.6. The predicted octanol–water partition coefficient (Wildman–Crippen LogP) is 4.05. The molecule has 94 valence electrons. The van der Waals surface area contributed by atoms with Gasteiger partial charge in [-0.05, 0) is 31.2 Å². The smallest absolute Gasteiger partial charge is 0.127 e. The molecule has 0 saturated heterocycles. The van der Waals surface area contributed by atoms with E-state index in [0.29, 0.717) is 10.7 Å². The molecule has 5 heteroatoms. The molecule has 1 heterocycles. The van der Waals surface area contributed by atoms with Gasteiger partial charge in [-0.2, -0.15) is 0 Å². The van der Waals surface area contributed by atoms with Crippen LogP contribution in [0.15, 0.2) is 36.5 Å². The molecule has 18 heavy (non-hydrogen) atoms. The second-order valence-electron chi connectivity index (χ2n) is 3.71. The molecule has 2 N–H and O–H groups in total. The van der Waals surface area contributed by atoms with Crippen molar-refractivity contribution in [3.63, 3.8) is 0 Å². The van der Waals surface area contributed by atoms with Crippen molar-refractivity contribution in [2.24, 2.45) is 0 Å². The van der Waals surface area contributed by atoms with Gasteiger partial charge in [-0.1, -0.05) is 11.6 Å². The van der Waals surface area contributed by atoms with Crippen LogP contribution < -0.4 is 10.6 Å². The van der Waals surface area contributed by atoms with E-state index in [2.05, 4.69) is 15.6 Å². The summed E-state index contributed by atoms with van der Waals surface area (Å²) in [4.78, 5) is 4.16. The standard InChI is InChI=1S/C13H13ClFN3/c1-2-16-13-8-10(5-6-17-13)18-12-4-3-9(15)7-11(12)14/h3-8H,2H2,1H3,(H2,16,17,18). The first-order valence-electron chi connectivity index (χ1n) is 5.61. The fraction of sp³-hybridized carbons (Fsp3) is 0.154. The molecule has 0 fully saturated rings. The zero-order chi connectivity index (χ0) is 13.0. The van der Waals surface area contributed by atoms with Gasteiger partial charge >= 0.3 is 0 Å². The quantitative estimate of drug-likeness (QED) is 0.876. The lowest BCUT2D eigenvalue weighted by atomic mass is 10.3. The van der Waals surface area contributed by atoms with Crippen LogP contribution in [0, 0.1) is 5.82 Å². The summed E-state index contributed by atoms with van der Waals surface area (Å²) in [6, 6.07) is 7.92. The van der Waals surface area contributed by atoms with E-state index < -0.39 is 0 Å². The van der Waals surface area contributed by atoms with Crippen molar-refractivity contribution in [3.05, 3.63) is 47.4 Å². The maximum atomic E-state index is 12.9. The number of anilines is 3. The summed E-state index contributed by atoms with van der Waals surface area (Å²) in [6.07, 6.45) is 1.69. The number of halogens is 2. The minimum Gasteiger partial charge on any atom is -0.370 e. The van der Waals surface area contributed by atoms with E-state index in [1.165, 1.54) is 12.1 Å². The number of pyridine rings is 1. The van der Waals surface area contributed by atoms with Crippen LogP contribution in [0.4, 0.5) is 21.6 Å². The Hall–Kier alpha value is -1.81. The van der Waals surface area contributed by atoms with Gasteiger partial charge in [0.1, 0.15) is 11.6 Å². The Morgan fingerprint density at radius 1 is 1.28 bits per heavy atom. The highest BCUT2D eigenvalue weighted by Gasteiger charge is 2.03. The third-order valence-corrected chi connectivity index (χ3v) is 2.64. The Labute approximate surface area is 110 Å². The van der Waals surface area contributed by atoms with Gasteiger partial charge in [-0.25, -0.2) is 9.37 Å². The number of hydrogen-bond donors (Lipinski definition) is 2. The Bertz CT molecular complexity index is 546. The second kappa shape index (κ2) is 5.69. The van der Waals surface area contributed by atoms with Crippen LogP contribution in [0.1, 0.15) is 6.92 Å². The molecule has 0 aliphatic rings. The third kappa shape index (κ3) is 3.11. The van der Waals surface area contributed by atoms with Crippen LogP contribution >= 0.6 is 11.6 Å². The molecule has 0 bridgehead atoms. The minimum absolute atomic E-state index is 0.344. The van der Waals surface area contributed by atoms with Crippen LogP contribution in [0.2, 0.25) is 5.02 Å². The number of nitrogens with zero attached hydrogens (tertiary/aromatic N) is 1. The molecule has 0 radical (unpaired) electrons. The summed E-state index contributed by atoms with van der Waals surface area (Å²) in [5.41, 5.74) is 1.50. The molecule has 0 spiro atoms. The fourth-order valence-corrected chi connectivity index (χ4v) is 1.75. The van der Waals surface area contributed by atoms with E-state index in [1.54, 1.807) is 12.3 Å². The third-order valence-electron chi connectivity index (χ3n) is 2.33. The van der Waals surface area contributed by atoms with Crippen molar-refractivity contribution in [2.45, 2.75) is 6.92 Å². The lowest BCUT2D eigenvalue weighted by Gasteiger charge is -2.10. The fourth-order valence-electron chi connectivity index (χ4n) is 1.53. The number of nitrogens with one attached hydrogen (secondary N) is 2. The van der Waals surface area contributed by atoms with Crippen LogP contribution in [-0.4, -0.2) is 11.5 Å². The Morgan fingerprint density at radius 2 is 2.11 bits per heavy atom. The molecule has 1 aromatic carbocycles. The Balaban J connectivity index is 2.20. The van der Waals surface area contributed by atoms with E-state index in [-0.39, 0.29) is 5.82 Å². The van der Waals surface area contributed by atoms with E-state index in [1.807, 2.05) is 19.1 Å². The highest BCUT2D eigenvalue weighted by atomic mass is 35.5. The molecule has 0 unspecified atom stereocenters. The monoisotopic (exact) mass is 265 g/mol. The summed E-state index contributed by atoms with van der Waals surface area (Å²) in [5, 5.41) is 6.58. The molecule has 2 aromatic rings. The predicted molar refractivity (Wildman–Crippen MR) is 73.1 cm³/mol. The van der Waals surface area contributed by atoms with Crippen molar-refractivity contribution >= 4 is 28.8 Å². The van der Waals surface area contributed by atoms with Crippen LogP contribution in [0.5, 0.6) is 0 Å². The van der Waals surface area contributed by atoms with E-state index in [9.17, 15) is 4.39 Å². The van der Waals surface area contributed by atoms with Crippen molar-refractivity contribution in [1.29, 1.82) is 0 Å². The molecule has 2 rings (SSSR count). The molecular weight excluding hydrogens is 253 g/mol. The van der Waals surface area contributed by atoms with Gasteiger partial charge in [0.15, 0.2) is 0 Å². The van der Waals surface area contributed by atoms with Crippen molar-refractivity contribution < 1.29 is 4.39 Å². The molecule has 0 atom stereocenters. The first-order valence-corrected chi connectivity index (χ1v) is 5.99. The minimum atomic E-state index is -0.353. The van der Waals surface area contributed by atoms with Gasteiger partial charge in [0, 0.05) is 24.5 Å². The Morgan fingerprint density at radius 3 is 2.83 bits per heavy atom. The summed E-state index contributed by atoms with van der Waals surface area (Å²) in [5.74, 6) is 0.425. The van der Waals surface area contributed by atoms with Crippen molar-refractivity contribution in [2.75, 3.05) is 17.2 Å². The first kappa shape index (κ1) is 12.6. The SMILES string of the molecule is CCNc1cc(Nc2ccc(F)cc2Cl)ccn1. The van der Waals surface area contributed by atoms with Crippen LogP contribution in [-0.2, 0) is 0 Å². The second-order valence-corrected chi connectivity index (χ2v) is 4.12. The number of rotatable bonds is 4. The summed E-state index contributed by atoms with van der Waals surface area (Å²) >= 11 is 5.95. The lowest BCUT2D eigenvalue weighted by Crippen LogP contribution is -2.00. The van der Waals surface area contributed by atoms with Crippen molar-refractivity contribution in [1.82, 2.24) is 4.98 Å². The molecule has 0 saturated carbocycles. The maximum Gasteiger partial charge on any atom is 0.127 e. The number of hydrogen-bond acceptors (Lipinski definition) is 3. The highest BCUT2D eigenvalue weighted by Crippen LogP contribution is 2.26. The molecule has 3 nitrogen and oxygen atoms in total. The Kier molecular flexibility index (Phi) is 3.99. The lowest BCUT2D eigenvalue weighted by molar-refractivity contribution is 0.628. The van der Waals surface area contributed by atoms with E-state index in [0.717, 1.165) is 18.1 Å². The van der Waals surface area contributed by atoms with Crippen LogP contribution in [0.3, 0.4) is 0 Å². The summed E-state index contributed by atoms with van der Waals surface area (Å²) < 4.78 is 12.9. The zero-order valence-electron chi connectivity index (χ0n) is 9.87. The maximum absolute atomic E-state index is 12.9. The average molecular weight is 266 g/mol. The van der Waals surface area contributed by atoms with Gasteiger partial charge in [0.05, 0.1) is 10.7 Å². The van der Waals surface area contributed by atoms with E-state index >= 15 is 0 Å². The molecular formula is C13H13ClFN3. The molecule has 0 aliphatic heterocycles. The van der Waals surface area contributed by atoms with E-state index in [4.69, 9.17) is 11.6 Å². The average Bonchev–Trinajstić information content (AvgIpc) is 2.34. The molecule has 0 aliphatic carbocycles. The normalized spacial score (nSPS) is 10.2. The molecule has 1 aromatic heterocycles. The molecule has 0 amide bonds. The van der Waals surface area contributed by atoms with Crippen molar-refractivity contribution in [3.8, 4) is 0 Å². The first-order chi connectivity index (χ1) is 8.69.